The van der Waals surface area contributed by atoms with E-state index in [0.29, 0.717) is 16.0 Å². The summed E-state index contributed by atoms with van der Waals surface area (Å²) in [6.45, 7) is 0. The van der Waals surface area contributed by atoms with Crippen molar-refractivity contribution in [2.45, 2.75) is 11.5 Å². The van der Waals surface area contributed by atoms with Crippen molar-refractivity contribution in [3.8, 4) is 0 Å². The van der Waals surface area contributed by atoms with Crippen molar-refractivity contribution in [1.29, 1.82) is 0 Å². The van der Waals surface area contributed by atoms with E-state index in [-0.39, 0.29) is 11.6 Å². The van der Waals surface area contributed by atoms with Crippen molar-refractivity contribution in [3.63, 3.8) is 0 Å². The number of benzene rings is 2. The molecule has 0 radical (unpaired) electrons. The van der Waals surface area contributed by atoms with Gasteiger partial charge in [0.1, 0.15) is 0 Å². The van der Waals surface area contributed by atoms with Crippen LogP contribution in [0.2, 0.25) is 11.5 Å². The van der Waals surface area contributed by atoms with E-state index in [9.17, 15) is 9.59 Å². The second-order valence-corrected chi connectivity index (χ2v) is 21.7. The Morgan fingerprint density at radius 1 is 0.844 bits per heavy atom. The maximum atomic E-state index is 12.7. The van der Waals surface area contributed by atoms with Gasteiger partial charge in [-0.3, -0.25) is 0 Å². The van der Waals surface area contributed by atoms with Crippen LogP contribution in [0, 0.1) is 0 Å². The average molecular weight is 610 g/mol. The normalized spacial score (nSPS) is 17.4. The van der Waals surface area contributed by atoms with Crippen LogP contribution >= 0.6 is 11.3 Å². The Hall–Kier alpha value is -2.17. The molecule has 32 heavy (non-hydrogen) atoms. The van der Waals surface area contributed by atoms with E-state index in [2.05, 4.69) is 77.1 Å². The molecule has 0 unspecified atom stereocenters. The molecule has 0 atom stereocenters. The first-order valence-electron chi connectivity index (χ1n) is 10.4. The Morgan fingerprint density at radius 2 is 1.50 bits per heavy atom. The summed E-state index contributed by atoms with van der Waals surface area (Å²) >= 11 is -1.78. The van der Waals surface area contributed by atoms with Gasteiger partial charge in [0.05, 0.1) is 0 Å². The van der Waals surface area contributed by atoms with Gasteiger partial charge in [-0.2, -0.15) is 0 Å². The molecule has 0 amide bonds. The quantitative estimate of drug-likeness (QED) is 0.185. The zero-order valence-electron chi connectivity index (χ0n) is 17.6. The summed E-state index contributed by atoms with van der Waals surface area (Å²) in [5.41, 5.74) is 3.48. The number of hydrogen-bond acceptors (Lipinski definition) is 4. The molecule has 6 heteroatoms. The molecule has 3 heterocycles. The van der Waals surface area contributed by atoms with Gasteiger partial charge in [-0.15, -0.1) is 0 Å². The second kappa shape index (κ2) is 7.43. The first kappa shape index (κ1) is 20.4. The molecule has 0 fully saturated rings. The Kier molecular flexibility index (Phi) is 4.75. The van der Waals surface area contributed by atoms with E-state index in [0.717, 1.165) is 3.58 Å². The van der Waals surface area contributed by atoms with Crippen LogP contribution < -0.4 is 13.7 Å². The van der Waals surface area contributed by atoms with Gasteiger partial charge in [0.2, 0.25) is 0 Å². The predicted molar refractivity (Wildman–Crippen MR) is 136 cm³/mol. The van der Waals surface area contributed by atoms with Crippen LogP contribution in [-0.4, -0.2) is 45.3 Å². The van der Waals surface area contributed by atoms with Crippen LogP contribution in [0.4, 0.5) is 15.1 Å². The van der Waals surface area contributed by atoms with E-state index in [1.54, 1.807) is 6.07 Å². The molecule has 0 saturated carbocycles. The Bertz CT molecular complexity index is 1380. The third-order valence-corrected chi connectivity index (χ3v) is 17.6. The van der Waals surface area contributed by atoms with Gasteiger partial charge in [-0.1, -0.05) is 0 Å². The van der Waals surface area contributed by atoms with Crippen molar-refractivity contribution in [3.05, 3.63) is 91.7 Å². The number of allylic oxidation sites excluding steroid dienone is 1. The van der Waals surface area contributed by atoms with Gasteiger partial charge in [0, 0.05) is 0 Å². The first-order valence-corrected chi connectivity index (χ1v) is 19.9. The average Bonchev–Trinajstić information content (AvgIpc) is 3.51. The van der Waals surface area contributed by atoms with Gasteiger partial charge in [0.15, 0.2) is 0 Å². The van der Waals surface area contributed by atoms with Gasteiger partial charge in [-0.05, 0) is 0 Å². The molecule has 2 aromatic carbocycles. The predicted octanol–water partition coefficient (Wildman–Crippen LogP) is 4.87. The van der Waals surface area contributed by atoms with Gasteiger partial charge >= 0.3 is 204 Å². The molecule has 3 nitrogen and oxygen atoms in total. The monoisotopic (exact) mass is 613 g/mol. The van der Waals surface area contributed by atoms with E-state index in [4.69, 9.17) is 0 Å². The molecule has 0 saturated heterocycles. The van der Waals surface area contributed by atoms with Crippen LogP contribution in [0.5, 0.6) is 0 Å². The Morgan fingerprint density at radius 3 is 2.16 bits per heavy atom. The fourth-order valence-corrected chi connectivity index (χ4v) is 14.7. The number of para-hydroxylation sites is 2. The number of rotatable bonds is 2. The van der Waals surface area contributed by atoms with Gasteiger partial charge < -0.3 is 0 Å². The molecule has 156 valence electrons. The van der Waals surface area contributed by atoms with E-state index >= 15 is 0 Å². The van der Waals surface area contributed by atoms with Crippen molar-refractivity contribution in [1.82, 2.24) is 0 Å². The summed E-state index contributed by atoms with van der Waals surface area (Å²) < 4.78 is 5.42. The molecule has 0 spiro atoms. The van der Waals surface area contributed by atoms with E-state index < -0.39 is 33.7 Å². The van der Waals surface area contributed by atoms with Gasteiger partial charge in [0.25, 0.3) is 0 Å². The third kappa shape index (κ3) is 2.92. The molecule has 2 aliphatic rings. The minimum atomic E-state index is -2.39. The Labute approximate surface area is 203 Å². The third-order valence-electron chi connectivity index (χ3n) is 6.36. The topological polar surface area (TPSA) is 37.4 Å². The summed E-state index contributed by atoms with van der Waals surface area (Å²) in [4.78, 5) is 28.5. The first-order chi connectivity index (χ1) is 15.5. The molecule has 0 N–H and O–H groups in total. The zero-order chi connectivity index (χ0) is 22.0. The number of nitrogens with zero attached hydrogens (tertiary/aromatic N) is 1. The number of ketones is 2. The van der Waals surface area contributed by atoms with Crippen LogP contribution in [-0.2, 0) is 0 Å². The number of Topliss-reactive ketones (excluding diaryl/α,β-unsaturated/α-hetero) is 2. The summed E-state index contributed by atoms with van der Waals surface area (Å²) in [6.07, 6.45) is 1.85. The summed E-state index contributed by atoms with van der Waals surface area (Å²) in [6, 6.07) is 23.7. The van der Waals surface area contributed by atoms with Crippen molar-refractivity contribution in [2.24, 2.45) is 0 Å². The summed E-state index contributed by atoms with van der Waals surface area (Å²) in [7, 11) is 0. The number of hydrogen-bond donors (Lipinski definition) is 0. The fourth-order valence-electron chi connectivity index (χ4n) is 4.75. The Balaban J connectivity index is 1.46. The molecule has 6 rings (SSSR count). The second-order valence-electron chi connectivity index (χ2n) is 8.55. The number of fused-ring (bicyclic) bond motifs is 3. The number of carbonyl (C=O) groups is 2. The zero-order valence-corrected chi connectivity index (χ0v) is 22.8. The fraction of sp³-hybridized carbons (Fsp3) is 0.0769. The van der Waals surface area contributed by atoms with Crippen LogP contribution in [0.3, 0.4) is 0 Å². The molecule has 0 bridgehead atoms. The SMILES string of the molecule is [CH3][Ge]1([CH3])[c]2ccccc2N(c2ccc(/C=C3\C(=O)c4ccsc4C3=O)[te]2)c2cccc[c]21. The number of anilines is 3. The molecular formula is C26H19GeNO2STe. The maximum absolute atomic E-state index is 12.7. The number of carbonyl (C=O) groups excluding carboxylic acids is 2. The molecule has 1 aliphatic carbocycles. The van der Waals surface area contributed by atoms with Crippen LogP contribution in [0.1, 0.15) is 23.6 Å². The summed E-state index contributed by atoms with van der Waals surface area (Å²) in [5, 5.41) is 1.82. The van der Waals surface area contributed by atoms with E-state index in [1.807, 2.05) is 11.5 Å². The van der Waals surface area contributed by atoms with Gasteiger partial charge in [-0.25, -0.2) is 0 Å². The van der Waals surface area contributed by atoms with Crippen LogP contribution in [0.25, 0.3) is 6.08 Å². The molecular weight excluding hydrogens is 591 g/mol. The van der Waals surface area contributed by atoms with Crippen LogP contribution in [0.15, 0.2) is 77.7 Å². The van der Waals surface area contributed by atoms with Crippen molar-refractivity contribution < 1.29 is 9.59 Å². The molecule has 1 aliphatic heterocycles. The van der Waals surface area contributed by atoms with E-state index in [1.165, 1.54) is 35.2 Å². The van der Waals surface area contributed by atoms with Crippen molar-refractivity contribution >= 4 is 86.5 Å². The molecule has 4 aromatic rings. The summed E-state index contributed by atoms with van der Waals surface area (Å²) in [5.74, 6) is 4.69. The number of thiophene rings is 1. The minimum absolute atomic E-state index is 0.120. The van der Waals surface area contributed by atoms with Crippen molar-refractivity contribution in [2.75, 3.05) is 4.90 Å². The molecule has 2 aromatic heterocycles. The standard InChI is InChI=1S/C26H19GeNO2STe/c1-27(2)19-7-3-5-9-21(19)28(22-10-6-4-8-20(22)27)23-12-11-16(32-23)15-18-24(29)17-13-14-31-26(17)25(18)30/h3-15H,1-2H3/b18-15+.